The number of nitrogens with zero attached hydrogens (tertiary/aromatic N) is 1. The van der Waals surface area contributed by atoms with Gasteiger partial charge in [-0.3, -0.25) is 9.89 Å². The number of carboxylic acids is 1. The van der Waals surface area contributed by atoms with Crippen molar-refractivity contribution in [2.45, 2.75) is 31.7 Å². The molecular formula is C9H13N3O2. The highest BCUT2D eigenvalue weighted by molar-refractivity contribution is 5.73. The minimum absolute atomic E-state index is 0.321. The number of carbonyl (C=O) groups is 1. The average molecular weight is 195 g/mol. The molecule has 76 valence electrons. The fourth-order valence-electron chi connectivity index (χ4n) is 1.85. The topological polar surface area (TPSA) is 92.0 Å². The Balaban J connectivity index is 2.14. The zero-order valence-electron chi connectivity index (χ0n) is 7.79. The first-order valence-corrected chi connectivity index (χ1v) is 4.72. The SMILES string of the molecule is NC(Cc1n[nH]c2c1CCC2)C(=O)O. The second-order valence-electron chi connectivity index (χ2n) is 3.63. The molecule has 1 aliphatic carbocycles. The first-order chi connectivity index (χ1) is 6.68. The van der Waals surface area contributed by atoms with E-state index >= 15 is 0 Å². The molecule has 0 fully saturated rings. The lowest BCUT2D eigenvalue weighted by molar-refractivity contribution is -0.138. The Morgan fingerprint density at radius 3 is 3.14 bits per heavy atom. The van der Waals surface area contributed by atoms with Gasteiger partial charge in [-0.1, -0.05) is 0 Å². The van der Waals surface area contributed by atoms with Crippen LogP contribution < -0.4 is 5.73 Å². The van der Waals surface area contributed by atoms with Crippen LogP contribution in [0.15, 0.2) is 0 Å². The monoisotopic (exact) mass is 195 g/mol. The lowest BCUT2D eigenvalue weighted by Gasteiger charge is -2.04. The Kier molecular flexibility index (Phi) is 2.25. The van der Waals surface area contributed by atoms with Crippen molar-refractivity contribution in [1.29, 1.82) is 0 Å². The summed E-state index contributed by atoms with van der Waals surface area (Å²) < 4.78 is 0. The molecule has 5 heteroatoms. The summed E-state index contributed by atoms with van der Waals surface area (Å²) in [5, 5.41) is 15.7. The lowest BCUT2D eigenvalue weighted by atomic mass is 10.1. The normalized spacial score (nSPS) is 16.6. The predicted molar refractivity (Wildman–Crippen MR) is 49.9 cm³/mol. The number of aliphatic carboxylic acids is 1. The molecular weight excluding hydrogens is 182 g/mol. The van der Waals surface area contributed by atoms with Gasteiger partial charge in [0.05, 0.1) is 5.69 Å². The van der Waals surface area contributed by atoms with E-state index in [0.29, 0.717) is 6.42 Å². The summed E-state index contributed by atoms with van der Waals surface area (Å²) >= 11 is 0. The van der Waals surface area contributed by atoms with Gasteiger partial charge in [0.25, 0.3) is 0 Å². The van der Waals surface area contributed by atoms with Gasteiger partial charge in [-0.05, 0) is 24.8 Å². The third-order valence-electron chi connectivity index (χ3n) is 2.62. The predicted octanol–water partition coefficient (Wildman–Crippen LogP) is -0.147. The minimum atomic E-state index is -0.972. The molecule has 0 aliphatic heterocycles. The summed E-state index contributed by atoms with van der Waals surface area (Å²) in [4.78, 5) is 10.6. The van der Waals surface area contributed by atoms with Crippen LogP contribution in [-0.4, -0.2) is 27.3 Å². The highest BCUT2D eigenvalue weighted by Gasteiger charge is 2.21. The van der Waals surface area contributed by atoms with Crippen LogP contribution in [0.1, 0.15) is 23.4 Å². The maximum absolute atomic E-state index is 10.6. The van der Waals surface area contributed by atoms with E-state index < -0.39 is 12.0 Å². The average Bonchev–Trinajstić information content (AvgIpc) is 2.69. The van der Waals surface area contributed by atoms with Crippen LogP contribution in [0.4, 0.5) is 0 Å². The number of aryl methyl sites for hydroxylation is 1. The molecule has 1 aliphatic rings. The summed E-state index contributed by atoms with van der Waals surface area (Å²) in [6.07, 6.45) is 3.46. The van der Waals surface area contributed by atoms with Crippen molar-refractivity contribution in [1.82, 2.24) is 10.2 Å². The van der Waals surface area contributed by atoms with Gasteiger partial charge in [-0.25, -0.2) is 0 Å². The second-order valence-corrected chi connectivity index (χ2v) is 3.63. The van der Waals surface area contributed by atoms with E-state index in [1.807, 2.05) is 0 Å². The Morgan fingerprint density at radius 2 is 2.43 bits per heavy atom. The first kappa shape index (κ1) is 9.21. The van der Waals surface area contributed by atoms with Gasteiger partial charge >= 0.3 is 5.97 Å². The number of H-pyrrole nitrogens is 1. The molecule has 1 heterocycles. The van der Waals surface area contributed by atoms with Crippen LogP contribution in [0.3, 0.4) is 0 Å². The van der Waals surface area contributed by atoms with Gasteiger partial charge in [-0.2, -0.15) is 5.10 Å². The number of nitrogens with two attached hydrogens (primary N) is 1. The van der Waals surface area contributed by atoms with E-state index in [-0.39, 0.29) is 0 Å². The number of aromatic amines is 1. The summed E-state index contributed by atoms with van der Waals surface area (Å²) in [7, 11) is 0. The number of rotatable bonds is 3. The number of hydrogen-bond acceptors (Lipinski definition) is 3. The molecule has 0 radical (unpaired) electrons. The van der Waals surface area contributed by atoms with E-state index in [4.69, 9.17) is 10.8 Å². The van der Waals surface area contributed by atoms with Crippen molar-refractivity contribution in [3.05, 3.63) is 17.0 Å². The fourth-order valence-corrected chi connectivity index (χ4v) is 1.85. The molecule has 1 aromatic heterocycles. The molecule has 1 aromatic rings. The van der Waals surface area contributed by atoms with Crippen LogP contribution in [0.2, 0.25) is 0 Å². The minimum Gasteiger partial charge on any atom is -0.480 e. The quantitative estimate of drug-likeness (QED) is 0.625. The van der Waals surface area contributed by atoms with Gasteiger partial charge in [0, 0.05) is 12.1 Å². The van der Waals surface area contributed by atoms with E-state index in [2.05, 4.69) is 10.2 Å². The van der Waals surface area contributed by atoms with Crippen LogP contribution in [0.5, 0.6) is 0 Å². The molecule has 0 saturated carbocycles. The van der Waals surface area contributed by atoms with Crippen molar-refractivity contribution in [3.8, 4) is 0 Å². The largest absolute Gasteiger partial charge is 0.480 e. The molecule has 0 bridgehead atoms. The van der Waals surface area contributed by atoms with E-state index in [1.165, 1.54) is 5.56 Å². The standard InChI is InChI=1S/C9H13N3O2/c10-6(9(13)14)4-8-5-2-1-3-7(5)11-12-8/h6H,1-4,10H2,(H,11,12)(H,13,14). The van der Waals surface area contributed by atoms with Gasteiger partial charge < -0.3 is 10.8 Å². The molecule has 14 heavy (non-hydrogen) atoms. The van der Waals surface area contributed by atoms with Crippen molar-refractivity contribution in [2.75, 3.05) is 0 Å². The second kappa shape index (κ2) is 3.42. The van der Waals surface area contributed by atoms with Crippen LogP contribution in [-0.2, 0) is 24.1 Å². The zero-order valence-corrected chi connectivity index (χ0v) is 7.79. The highest BCUT2D eigenvalue weighted by atomic mass is 16.4. The zero-order chi connectivity index (χ0) is 10.1. The summed E-state index contributed by atoms with van der Waals surface area (Å²) in [6.45, 7) is 0. The van der Waals surface area contributed by atoms with Crippen molar-refractivity contribution in [3.63, 3.8) is 0 Å². The highest BCUT2D eigenvalue weighted by Crippen LogP contribution is 2.23. The summed E-state index contributed by atoms with van der Waals surface area (Å²) in [6, 6.07) is -0.844. The molecule has 0 saturated heterocycles. The summed E-state index contributed by atoms with van der Waals surface area (Å²) in [5.41, 5.74) is 8.61. The third kappa shape index (κ3) is 1.50. The van der Waals surface area contributed by atoms with Gasteiger partial charge in [-0.15, -0.1) is 0 Å². The van der Waals surface area contributed by atoms with E-state index in [0.717, 1.165) is 30.7 Å². The van der Waals surface area contributed by atoms with Crippen LogP contribution in [0.25, 0.3) is 0 Å². The van der Waals surface area contributed by atoms with Crippen LogP contribution in [0, 0.1) is 0 Å². The molecule has 5 nitrogen and oxygen atoms in total. The number of carboxylic acid groups (broad SMARTS) is 1. The smallest absolute Gasteiger partial charge is 0.320 e. The maximum atomic E-state index is 10.6. The maximum Gasteiger partial charge on any atom is 0.320 e. The molecule has 0 spiro atoms. The number of aromatic nitrogens is 2. The molecule has 2 rings (SSSR count). The fraction of sp³-hybridized carbons (Fsp3) is 0.556. The number of fused-ring (bicyclic) bond motifs is 1. The number of hydrogen-bond donors (Lipinski definition) is 3. The van der Waals surface area contributed by atoms with Gasteiger partial charge in [0.15, 0.2) is 0 Å². The lowest BCUT2D eigenvalue weighted by Crippen LogP contribution is -2.32. The molecule has 0 amide bonds. The van der Waals surface area contributed by atoms with Crippen molar-refractivity contribution in [2.24, 2.45) is 5.73 Å². The van der Waals surface area contributed by atoms with E-state index in [1.54, 1.807) is 0 Å². The van der Waals surface area contributed by atoms with Crippen molar-refractivity contribution >= 4 is 5.97 Å². The Hall–Kier alpha value is -1.36. The van der Waals surface area contributed by atoms with Gasteiger partial charge in [0.1, 0.15) is 6.04 Å². The molecule has 1 atom stereocenters. The Bertz CT molecular complexity index is 359. The van der Waals surface area contributed by atoms with Gasteiger partial charge in [0.2, 0.25) is 0 Å². The summed E-state index contributed by atoms with van der Waals surface area (Å²) in [5.74, 6) is -0.972. The Labute approximate surface area is 81.3 Å². The van der Waals surface area contributed by atoms with Crippen LogP contribution >= 0.6 is 0 Å². The van der Waals surface area contributed by atoms with Crippen molar-refractivity contribution < 1.29 is 9.90 Å². The molecule has 1 unspecified atom stereocenters. The Morgan fingerprint density at radius 1 is 1.64 bits per heavy atom. The molecule has 0 aromatic carbocycles. The molecule has 4 N–H and O–H groups in total. The first-order valence-electron chi connectivity index (χ1n) is 4.72. The number of nitrogens with one attached hydrogen (secondary N) is 1. The third-order valence-corrected chi connectivity index (χ3v) is 2.62. The van der Waals surface area contributed by atoms with E-state index in [9.17, 15) is 4.79 Å².